The van der Waals surface area contributed by atoms with Crippen LogP contribution in [0.3, 0.4) is 0 Å². The normalized spacial score (nSPS) is 11.1. The van der Waals surface area contributed by atoms with Crippen molar-refractivity contribution in [3.8, 4) is 5.69 Å². The van der Waals surface area contributed by atoms with Crippen molar-refractivity contribution in [2.45, 2.75) is 17.0 Å². The SMILES string of the molecule is Cc1cccc2c(=O)[nH]c(CSc3nn(-c4ccccc4)c(=S)s3)nc12. The van der Waals surface area contributed by atoms with E-state index in [0.717, 1.165) is 21.1 Å². The third-order valence-corrected chi connectivity index (χ3v) is 6.23. The first-order chi connectivity index (χ1) is 12.6. The van der Waals surface area contributed by atoms with E-state index in [9.17, 15) is 4.79 Å². The van der Waals surface area contributed by atoms with Gasteiger partial charge in [-0.05, 0) is 42.9 Å². The lowest BCUT2D eigenvalue weighted by Gasteiger charge is -2.04. The zero-order chi connectivity index (χ0) is 18.1. The number of para-hydroxylation sites is 2. The van der Waals surface area contributed by atoms with Crippen molar-refractivity contribution in [2.75, 3.05) is 0 Å². The largest absolute Gasteiger partial charge is 0.309 e. The van der Waals surface area contributed by atoms with Crippen LogP contribution < -0.4 is 5.56 Å². The van der Waals surface area contributed by atoms with E-state index < -0.39 is 0 Å². The van der Waals surface area contributed by atoms with Crippen molar-refractivity contribution >= 4 is 46.2 Å². The molecule has 4 rings (SSSR count). The van der Waals surface area contributed by atoms with Crippen molar-refractivity contribution in [2.24, 2.45) is 0 Å². The van der Waals surface area contributed by atoms with E-state index in [2.05, 4.69) is 15.1 Å². The molecule has 0 bridgehead atoms. The van der Waals surface area contributed by atoms with Crippen LogP contribution >= 0.6 is 35.3 Å². The number of hydrogen-bond donors (Lipinski definition) is 1. The maximum absolute atomic E-state index is 12.3. The molecule has 0 saturated carbocycles. The van der Waals surface area contributed by atoms with Crippen LogP contribution in [-0.4, -0.2) is 19.7 Å². The summed E-state index contributed by atoms with van der Waals surface area (Å²) in [7, 11) is 0. The highest BCUT2D eigenvalue weighted by atomic mass is 32.2. The highest BCUT2D eigenvalue weighted by Crippen LogP contribution is 2.26. The summed E-state index contributed by atoms with van der Waals surface area (Å²) in [6, 6.07) is 15.4. The molecule has 0 aliphatic rings. The van der Waals surface area contributed by atoms with Crippen LogP contribution in [0.1, 0.15) is 11.4 Å². The van der Waals surface area contributed by atoms with Gasteiger partial charge in [0.1, 0.15) is 5.82 Å². The standard InChI is InChI=1S/C18H14N4OS3/c1-11-6-5-9-13-15(11)19-14(20-16(13)23)10-25-17-21-22(18(24)26-17)12-7-3-2-4-8-12/h2-9H,10H2,1H3,(H,19,20,23). The highest BCUT2D eigenvalue weighted by Gasteiger charge is 2.09. The molecular weight excluding hydrogens is 384 g/mol. The minimum absolute atomic E-state index is 0.114. The Balaban J connectivity index is 1.60. The smallest absolute Gasteiger partial charge is 0.258 e. The second-order valence-corrected chi connectivity index (χ2v) is 8.50. The second kappa shape index (κ2) is 7.14. The number of hydrogen-bond acceptors (Lipinski definition) is 6. The maximum Gasteiger partial charge on any atom is 0.258 e. The topological polar surface area (TPSA) is 63.6 Å². The highest BCUT2D eigenvalue weighted by molar-refractivity contribution is 8.00. The Hall–Kier alpha value is -2.29. The molecule has 26 heavy (non-hydrogen) atoms. The quantitative estimate of drug-likeness (QED) is 0.405. The van der Waals surface area contributed by atoms with Gasteiger partial charge >= 0.3 is 0 Å². The summed E-state index contributed by atoms with van der Waals surface area (Å²) in [5, 5.41) is 5.19. The molecule has 0 aliphatic carbocycles. The van der Waals surface area contributed by atoms with Gasteiger partial charge in [0.05, 0.1) is 22.3 Å². The van der Waals surface area contributed by atoms with Crippen LogP contribution in [0.4, 0.5) is 0 Å². The Kier molecular flexibility index (Phi) is 4.71. The number of aromatic amines is 1. The molecule has 0 spiro atoms. The predicted molar refractivity (Wildman–Crippen MR) is 109 cm³/mol. The van der Waals surface area contributed by atoms with E-state index in [1.54, 1.807) is 10.7 Å². The summed E-state index contributed by atoms with van der Waals surface area (Å²) in [6.45, 7) is 1.96. The average Bonchev–Trinajstić information content (AvgIpc) is 3.02. The van der Waals surface area contributed by atoms with Gasteiger partial charge in [0.2, 0.25) is 0 Å². The van der Waals surface area contributed by atoms with Crippen molar-refractivity contribution < 1.29 is 0 Å². The molecule has 1 N–H and O–H groups in total. The van der Waals surface area contributed by atoms with Crippen LogP contribution in [0.15, 0.2) is 57.7 Å². The third kappa shape index (κ3) is 3.35. The molecule has 0 aliphatic heterocycles. The Bertz CT molecular complexity index is 1190. The van der Waals surface area contributed by atoms with Gasteiger partial charge in [0, 0.05) is 0 Å². The average molecular weight is 399 g/mol. The molecular formula is C18H14N4OS3. The van der Waals surface area contributed by atoms with Gasteiger partial charge in [-0.2, -0.15) is 0 Å². The van der Waals surface area contributed by atoms with Gasteiger partial charge in [-0.25, -0.2) is 9.67 Å². The van der Waals surface area contributed by atoms with E-state index in [4.69, 9.17) is 12.2 Å². The van der Waals surface area contributed by atoms with E-state index in [0.29, 0.717) is 20.9 Å². The maximum atomic E-state index is 12.3. The predicted octanol–water partition coefficient (Wildman–Crippen LogP) is 4.50. The van der Waals surface area contributed by atoms with Crippen molar-refractivity contribution in [3.63, 3.8) is 0 Å². The van der Waals surface area contributed by atoms with Gasteiger partial charge < -0.3 is 4.98 Å². The first-order valence-electron chi connectivity index (χ1n) is 7.89. The van der Waals surface area contributed by atoms with Crippen molar-refractivity contribution in [3.05, 3.63) is 74.2 Å². The van der Waals surface area contributed by atoms with Crippen LogP contribution in [0.2, 0.25) is 0 Å². The van der Waals surface area contributed by atoms with Crippen molar-refractivity contribution in [1.82, 2.24) is 19.7 Å². The fourth-order valence-corrected chi connectivity index (χ4v) is 4.83. The molecule has 2 heterocycles. The zero-order valence-electron chi connectivity index (χ0n) is 13.8. The Morgan fingerprint density at radius 3 is 2.81 bits per heavy atom. The van der Waals surface area contributed by atoms with Gasteiger partial charge in [-0.15, -0.1) is 5.10 Å². The number of rotatable bonds is 4. The minimum atomic E-state index is -0.114. The van der Waals surface area contributed by atoms with Gasteiger partial charge in [-0.3, -0.25) is 4.79 Å². The Morgan fingerprint density at radius 1 is 1.19 bits per heavy atom. The number of aromatic nitrogens is 4. The van der Waals surface area contributed by atoms with Gasteiger partial charge in [0.15, 0.2) is 8.29 Å². The van der Waals surface area contributed by atoms with Crippen LogP contribution in [-0.2, 0) is 5.75 Å². The van der Waals surface area contributed by atoms with E-state index >= 15 is 0 Å². The number of nitrogens with zero attached hydrogens (tertiary/aromatic N) is 3. The summed E-state index contributed by atoms with van der Waals surface area (Å²) in [6.07, 6.45) is 0. The molecule has 2 aromatic heterocycles. The van der Waals surface area contributed by atoms with Crippen LogP contribution in [0, 0.1) is 10.9 Å². The number of nitrogens with one attached hydrogen (secondary N) is 1. The summed E-state index contributed by atoms with van der Waals surface area (Å²) in [4.78, 5) is 19.7. The van der Waals surface area contributed by atoms with Crippen LogP contribution in [0.5, 0.6) is 0 Å². The number of thioether (sulfide) groups is 1. The van der Waals surface area contributed by atoms with E-state index in [1.807, 2.05) is 49.4 Å². The first-order valence-corrected chi connectivity index (χ1v) is 10.1. The second-order valence-electron chi connectivity index (χ2n) is 5.65. The molecule has 0 fully saturated rings. The number of benzene rings is 2. The van der Waals surface area contributed by atoms with Crippen molar-refractivity contribution in [1.29, 1.82) is 0 Å². The molecule has 0 atom stereocenters. The molecule has 2 aromatic carbocycles. The summed E-state index contributed by atoms with van der Waals surface area (Å²) in [5.41, 5.74) is 2.56. The number of H-pyrrole nitrogens is 1. The Morgan fingerprint density at radius 2 is 2.00 bits per heavy atom. The molecule has 8 heteroatoms. The molecule has 0 saturated heterocycles. The summed E-state index contributed by atoms with van der Waals surface area (Å²) in [5.74, 6) is 1.16. The molecule has 0 unspecified atom stereocenters. The minimum Gasteiger partial charge on any atom is -0.309 e. The van der Waals surface area contributed by atoms with E-state index in [-0.39, 0.29) is 5.56 Å². The third-order valence-electron chi connectivity index (χ3n) is 3.85. The lowest BCUT2D eigenvalue weighted by molar-refractivity contribution is 0.829. The summed E-state index contributed by atoms with van der Waals surface area (Å²) >= 11 is 8.38. The van der Waals surface area contributed by atoms with E-state index in [1.165, 1.54) is 23.1 Å². The lowest BCUT2D eigenvalue weighted by Crippen LogP contribution is -2.11. The van der Waals surface area contributed by atoms with Gasteiger partial charge in [0.25, 0.3) is 5.56 Å². The first kappa shape index (κ1) is 17.1. The Labute approximate surface area is 162 Å². The molecule has 4 aromatic rings. The monoisotopic (exact) mass is 398 g/mol. The molecule has 0 radical (unpaired) electrons. The zero-order valence-corrected chi connectivity index (χ0v) is 16.3. The number of fused-ring (bicyclic) bond motifs is 1. The van der Waals surface area contributed by atoms with Gasteiger partial charge in [-0.1, -0.05) is 53.4 Å². The van der Waals surface area contributed by atoms with Crippen LogP contribution in [0.25, 0.3) is 16.6 Å². The number of aryl methyl sites for hydroxylation is 1. The fourth-order valence-electron chi connectivity index (χ4n) is 2.60. The fraction of sp³-hybridized carbons (Fsp3) is 0.111. The lowest BCUT2D eigenvalue weighted by atomic mass is 10.1. The summed E-state index contributed by atoms with van der Waals surface area (Å²) < 4.78 is 3.28. The molecule has 130 valence electrons. The molecule has 0 amide bonds. The molecule has 5 nitrogen and oxygen atoms in total.